The second-order valence-electron chi connectivity index (χ2n) is 4.97. The zero-order chi connectivity index (χ0) is 16.1. The van der Waals surface area contributed by atoms with Crippen LogP contribution in [-0.4, -0.2) is 17.3 Å². The van der Waals surface area contributed by atoms with Gasteiger partial charge < -0.3 is 9.84 Å². The van der Waals surface area contributed by atoms with Gasteiger partial charge in [-0.15, -0.1) is 11.8 Å². The topological polar surface area (TPSA) is 55.1 Å². The number of hydrogen-bond donors (Lipinski definition) is 1. The Morgan fingerprint density at radius 3 is 2.65 bits per heavy atom. The smallest absolute Gasteiger partial charge is 0.230 e. The van der Waals surface area contributed by atoms with Gasteiger partial charge in [0, 0.05) is 16.5 Å². The first-order valence-corrected chi connectivity index (χ1v) is 8.42. The molecule has 1 amide bonds. The van der Waals surface area contributed by atoms with Gasteiger partial charge in [-0.25, -0.2) is 0 Å². The highest BCUT2D eigenvalue weighted by atomic mass is 32.2. The molecule has 3 aromatic rings. The maximum atomic E-state index is 12.2. The van der Waals surface area contributed by atoms with E-state index in [9.17, 15) is 4.79 Å². The highest BCUT2D eigenvalue weighted by molar-refractivity contribution is 7.98. The van der Waals surface area contributed by atoms with Crippen molar-refractivity contribution < 1.29 is 9.32 Å². The number of amides is 1. The fourth-order valence-electron chi connectivity index (χ4n) is 2.24. The summed E-state index contributed by atoms with van der Waals surface area (Å²) < 4.78 is 5.31. The number of anilines is 1. The molecule has 1 N–H and O–H groups in total. The molecule has 0 saturated carbocycles. The minimum atomic E-state index is -0.112. The summed E-state index contributed by atoms with van der Waals surface area (Å²) in [4.78, 5) is 13.2. The van der Waals surface area contributed by atoms with Gasteiger partial charge >= 0.3 is 0 Å². The van der Waals surface area contributed by atoms with Gasteiger partial charge in [-0.05, 0) is 18.4 Å². The monoisotopic (exact) mass is 324 g/mol. The summed E-state index contributed by atoms with van der Waals surface area (Å²) in [5, 5.41) is 6.89. The van der Waals surface area contributed by atoms with Crippen molar-refractivity contribution in [2.75, 3.05) is 11.6 Å². The number of nitrogens with zero attached hydrogens (tertiary/aromatic N) is 1. The van der Waals surface area contributed by atoms with Crippen LogP contribution in [0.1, 0.15) is 5.69 Å². The molecule has 0 aliphatic carbocycles. The summed E-state index contributed by atoms with van der Waals surface area (Å²) in [6.07, 6.45) is 2.16. The number of rotatable bonds is 5. The van der Waals surface area contributed by atoms with Gasteiger partial charge in [-0.3, -0.25) is 4.79 Å². The van der Waals surface area contributed by atoms with Crippen LogP contribution in [0.4, 0.5) is 5.69 Å². The van der Waals surface area contributed by atoms with Crippen LogP contribution < -0.4 is 5.32 Å². The fraction of sp³-hybridized carbons (Fsp3) is 0.111. The maximum absolute atomic E-state index is 12.2. The molecule has 2 aromatic carbocycles. The lowest BCUT2D eigenvalue weighted by Crippen LogP contribution is -2.15. The fourth-order valence-corrected chi connectivity index (χ4v) is 2.79. The molecule has 5 heteroatoms. The van der Waals surface area contributed by atoms with Crippen molar-refractivity contribution in [3.8, 4) is 11.3 Å². The lowest BCUT2D eigenvalue weighted by atomic mass is 10.1. The van der Waals surface area contributed by atoms with E-state index in [4.69, 9.17) is 4.52 Å². The number of nitrogens with one attached hydrogen (secondary N) is 1. The molecule has 0 aliphatic rings. The molecule has 0 atom stereocenters. The van der Waals surface area contributed by atoms with E-state index in [2.05, 4.69) is 10.5 Å². The van der Waals surface area contributed by atoms with Gasteiger partial charge in [-0.2, -0.15) is 0 Å². The van der Waals surface area contributed by atoms with Crippen molar-refractivity contribution in [1.29, 1.82) is 0 Å². The second kappa shape index (κ2) is 7.15. The summed E-state index contributed by atoms with van der Waals surface area (Å²) in [6, 6.07) is 19.2. The third-order valence-corrected chi connectivity index (χ3v) is 4.14. The number of carbonyl (C=O) groups is 1. The highest BCUT2D eigenvalue weighted by Gasteiger charge is 2.12. The van der Waals surface area contributed by atoms with Crippen molar-refractivity contribution in [3.05, 3.63) is 66.4 Å². The Labute approximate surface area is 138 Å². The van der Waals surface area contributed by atoms with Crippen LogP contribution >= 0.6 is 11.8 Å². The number of hydrogen-bond acceptors (Lipinski definition) is 4. The largest absolute Gasteiger partial charge is 0.356 e. The van der Waals surface area contributed by atoms with E-state index in [1.54, 1.807) is 17.8 Å². The maximum Gasteiger partial charge on any atom is 0.230 e. The quantitative estimate of drug-likeness (QED) is 0.713. The molecule has 23 heavy (non-hydrogen) atoms. The molecule has 116 valence electrons. The summed E-state index contributed by atoms with van der Waals surface area (Å²) in [5.41, 5.74) is 2.37. The number of aromatic nitrogens is 1. The average Bonchev–Trinajstić information content (AvgIpc) is 3.04. The van der Waals surface area contributed by atoms with Crippen LogP contribution in [-0.2, 0) is 11.2 Å². The summed E-state index contributed by atoms with van der Waals surface area (Å²) in [7, 11) is 0. The number of para-hydroxylation sites is 1. The van der Waals surface area contributed by atoms with Crippen LogP contribution in [0, 0.1) is 0 Å². The van der Waals surface area contributed by atoms with E-state index in [0.29, 0.717) is 11.5 Å². The standard InChI is InChI=1S/C18H16N2O2S/c1-23-17-10-6-5-9-15(17)19-18(21)12-14-11-16(22-20-14)13-7-3-2-4-8-13/h2-11H,12H2,1H3,(H,19,21). The SMILES string of the molecule is CSc1ccccc1NC(=O)Cc1cc(-c2ccccc2)on1. The molecule has 4 nitrogen and oxygen atoms in total. The Bertz CT molecular complexity index is 800. The average molecular weight is 324 g/mol. The number of benzene rings is 2. The molecule has 0 fully saturated rings. The van der Waals surface area contributed by atoms with E-state index in [1.165, 1.54) is 0 Å². The lowest BCUT2D eigenvalue weighted by Gasteiger charge is -2.08. The van der Waals surface area contributed by atoms with E-state index in [-0.39, 0.29) is 12.3 Å². The van der Waals surface area contributed by atoms with Crippen LogP contribution in [0.3, 0.4) is 0 Å². The lowest BCUT2D eigenvalue weighted by molar-refractivity contribution is -0.115. The van der Waals surface area contributed by atoms with Gasteiger partial charge in [0.25, 0.3) is 0 Å². The molecule has 1 aromatic heterocycles. The normalized spacial score (nSPS) is 10.5. The van der Waals surface area contributed by atoms with E-state index in [1.807, 2.05) is 60.9 Å². The molecule has 1 heterocycles. The summed E-state index contributed by atoms with van der Waals surface area (Å²) >= 11 is 1.60. The Morgan fingerprint density at radius 2 is 1.87 bits per heavy atom. The van der Waals surface area contributed by atoms with Crippen LogP contribution in [0.2, 0.25) is 0 Å². The second-order valence-corrected chi connectivity index (χ2v) is 5.82. The first-order valence-electron chi connectivity index (χ1n) is 7.20. The molecule has 0 spiro atoms. The van der Waals surface area contributed by atoms with Gasteiger partial charge in [0.15, 0.2) is 5.76 Å². The molecular formula is C18H16N2O2S. The predicted molar refractivity (Wildman–Crippen MR) is 92.5 cm³/mol. The third-order valence-electron chi connectivity index (χ3n) is 3.34. The van der Waals surface area contributed by atoms with Crippen molar-refractivity contribution >= 4 is 23.4 Å². The Morgan fingerprint density at radius 1 is 1.13 bits per heavy atom. The van der Waals surface area contributed by atoms with Crippen molar-refractivity contribution in [2.24, 2.45) is 0 Å². The van der Waals surface area contributed by atoms with E-state index in [0.717, 1.165) is 16.1 Å². The van der Waals surface area contributed by atoms with Crippen molar-refractivity contribution in [2.45, 2.75) is 11.3 Å². The van der Waals surface area contributed by atoms with Gasteiger partial charge in [0.1, 0.15) is 0 Å². The molecule has 0 radical (unpaired) electrons. The molecule has 0 saturated heterocycles. The predicted octanol–water partition coefficient (Wildman–Crippen LogP) is 4.24. The highest BCUT2D eigenvalue weighted by Crippen LogP contribution is 2.25. The van der Waals surface area contributed by atoms with Crippen molar-refractivity contribution in [3.63, 3.8) is 0 Å². The van der Waals surface area contributed by atoms with E-state index >= 15 is 0 Å². The zero-order valence-corrected chi connectivity index (χ0v) is 13.5. The van der Waals surface area contributed by atoms with Gasteiger partial charge in [-0.1, -0.05) is 47.6 Å². The molecule has 0 unspecified atom stereocenters. The van der Waals surface area contributed by atoms with Gasteiger partial charge in [0.2, 0.25) is 5.91 Å². The molecule has 0 bridgehead atoms. The van der Waals surface area contributed by atoms with Crippen LogP contribution in [0.15, 0.2) is 70.1 Å². The first-order chi connectivity index (χ1) is 11.3. The number of carbonyl (C=O) groups excluding carboxylic acids is 1. The Balaban J connectivity index is 1.68. The minimum Gasteiger partial charge on any atom is -0.356 e. The molecule has 0 aliphatic heterocycles. The van der Waals surface area contributed by atoms with E-state index < -0.39 is 0 Å². The van der Waals surface area contributed by atoms with Crippen LogP contribution in [0.25, 0.3) is 11.3 Å². The summed E-state index contributed by atoms with van der Waals surface area (Å²) in [6.45, 7) is 0. The Hall–Kier alpha value is -2.53. The van der Waals surface area contributed by atoms with Crippen LogP contribution in [0.5, 0.6) is 0 Å². The third kappa shape index (κ3) is 3.81. The minimum absolute atomic E-state index is 0.112. The van der Waals surface area contributed by atoms with Crippen molar-refractivity contribution in [1.82, 2.24) is 5.16 Å². The van der Waals surface area contributed by atoms with Gasteiger partial charge in [0.05, 0.1) is 17.8 Å². The molecular weight excluding hydrogens is 308 g/mol. The molecule has 3 rings (SSSR count). The summed E-state index contributed by atoms with van der Waals surface area (Å²) in [5.74, 6) is 0.553. The zero-order valence-electron chi connectivity index (χ0n) is 12.7. The number of thioether (sulfide) groups is 1. The first kappa shape index (κ1) is 15.4. The Kier molecular flexibility index (Phi) is 4.78.